The molecule has 0 spiro atoms. The molecule has 2 atom stereocenters. The molecule has 2 amide bonds. The van der Waals surface area contributed by atoms with E-state index in [4.69, 9.17) is 4.74 Å². The van der Waals surface area contributed by atoms with Crippen LogP contribution in [-0.2, 0) is 4.74 Å². The molecule has 2 saturated heterocycles. The third kappa shape index (κ3) is 6.22. The maximum Gasteiger partial charge on any atom is 0.317 e. The summed E-state index contributed by atoms with van der Waals surface area (Å²) in [4.78, 5) is 19.2. The lowest BCUT2D eigenvalue weighted by atomic mass is 10.2. The average Bonchev–Trinajstić information content (AvgIpc) is 2.61. The zero-order valence-electron chi connectivity index (χ0n) is 15.8. The normalized spacial score (nSPS) is 26.5. The maximum absolute atomic E-state index is 12.3. The van der Waals surface area contributed by atoms with Crippen LogP contribution >= 0.6 is 0 Å². The molecule has 6 heteroatoms. The van der Waals surface area contributed by atoms with Gasteiger partial charge in [-0.2, -0.15) is 0 Å². The van der Waals surface area contributed by atoms with Gasteiger partial charge in [0.15, 0.2) is 0 Å². The van der Waals surface area contributed by atoms with E-state index in [-0.39, 0.29) is 18.2 Å². The number of nitrogens with zero attached hydrogens (tertiary/aromatic N) is 3. The minimum absolute atomic E-state index is 0.0696. The van der Waals surface area contributed by atoms with E-state index >= 15 is 0 Å². The van der Waals surface area contributed by atoms with E-state index < -0.39 is 0 Å². The number of morpholine rings is 1. The zero-order valence-corrected chi connectivity index (χ0v) is 15.8. The molecular formula is C18H36N4O2. The monoisotopic (exact) mass is 340 g/mol. The number of nitrogens with one attached hydrogen (secondary N) is 1. The molecule has 2 fully saturated rings. The van der Waals surface area contributed by atoms with Crippen LogP contribution in [0.4, 0.5) is 4.79 Å². The molecule has 0 aromatic carbocycles. The highest BCUT2D eigenvalue weighted by Crippen LogP contribution is 2.13. The molecule has 0 saturated carbocycles. The van der Waals surface area contributed by atoms with Gasteiger partial charge in [0.2, 0.25) is 0 Å². The van der Waals surface area contributed by atoms with Crippen molar-refractivity contribution in [3.63, 3.8) is 0 Å². The molecule has 0 aliphatic carbocycles. The van der Waals surface area contributed by atoms with Crippen LogP contribution in [0.5, 0.6) is 0 Å². The predicted molar refractivity (Wildman–Crippen MR) is 97.4 cm³/mol. The molecule has 2 heterocycles. The fourth-order valence-corrected chi connectivity index (χ4v) is 3.53. The van der Waals surface area contributed by atoms with Crippen LogP contribution in [0.2, 0.25) is 0 Å². The molecule has 0 bridgehead atoms. The summed E-state index contributed by atoms with van der Waals surface area (Å²) in [5.41, 5.74) is 0. The Balaban J connectivity index is 1.55. The molecule has 0 aromatic rings. The lowest BCUT2D eigenvalue weighted by Gasteiger charge is -2.36. The summed E-state index contributed by atoms with van der Waals surface area (Å²) in [6, 6.07) is 0.0696. The second-order valence-electron chi connectivity index (χ2n) is 7.10. The second-order valence-corrected chi connectivity index (χ2v) is 7.10. The Kier molecular flexibility index (Phi) is 8.29. The van der Waals surface area contributed by atoms with Gasteiger partial charge in [0.1, 0.15) is 0 Å². The van der Waals surface area contributed by atoms with Crippen molar-refractivity contribution < 1.29 is 9.53 Å². The Bertz CT molecular complexity index is 372. The Morgan fingerprint density at radius 1 is 1.08 bits per heavy atom. The number of hydrogen-bond acceptors (Lipinski definition) is 4. The van der Waals surface area contributed by atoms with Crippen molar-refractivity contribution in [3.05, 3.63) is 0 Å². The summed E-state index contributed by atoms with van der Waals surface area (Å²) in [6.07, 6.45) is 3.48. The fourth-order valence-electron chi connectivity index (χ4n) is 3.53. The van der Waals surface area contributed by atoms with Crippen LogP contribution < -0.4 is 5.32 Å². The number of ether oxygens (including phenoxy) is 1. The summed E-state index contributed by atoms with van der Waals surface area (Å²) in [6.45, 7) is 15.7. The number of urea groups is 1. The topological polar surface area (TPSA) is 48.1 Å². The summed E-state index contributed by atoms with van der Waals surface area (Å²) >= 11 is 0. The van der Waals surface area contributed by atoms with Crippen LogP contribution in [0.1, 0.15) is 40.0 Å². The van der Waals surface area contributed by atoms with Crippen molar-refractivity contribution in [2.24, 2.45) is 0 Å². The van der Waals surface area contributed by atoms with Gasteiger partial charge in [0, 0.05) is 45.8 Å². The third-order valence-electron chi connectivity index (χ3n) is 5.16. The molecule has 140 valence electrons. The molecular weight excluding hydrogens is 304 g/mol. The minimum Gasteiger partial charge on any atom is -0.372 e. The van der Waals surface area contributed by atoms with Gasteiger partial charge in [-0.1, -0.05) is 13.8 Å². The highest BCUT2D eigenvalue weighted by molar-refractivity contribution is 5.74. The molecule has 2 aliphatic heterocycles. The van der Waals surface area contributed by atoms with Crippen LogP contribution in [0.15, 0.2) is 0 Å². The number of rotatable bonds is 7. The zero-order chi connectivity index (χ0) is 17.4. The van der Waals surface area contributed by atoms with Crippen molar-refractivity contribution in [3.8, 4) is 0 Å². The Labute approximate surface area is 147 Å². The Morgan fingerprint density at radius 3 is 2.46 bits per heavy atom. The number of hydrogen-bond donors (Lipinski definition) is 1. The predicted octanol–water partition coefficient (Wildman–Crippen LogP) is 1.61. The molecule has 0 aromatic heterocycles. The first-order valence-electron chi connectivity index (χ1n) is 9.75. The Hall–Kier alpha value is -0.850. The van der Waals surface area contributed by atoms with Gasteiger partial charge in [0.05, 0.1) is 12.2 Å². The van der Waals surface area contributed by atoms with Crippen LogP contribution in [0.25, 0.3) is 0 Å². The van der Waals surface area contributed by atoms with Crippen molar-refractivity contribution >= 4 is 6.03 Å². The minimum atomic E-state index is 0.0696. The van der Waals surface area contributed by atoms with Crippen LogP contribution in [0, 0.1) is 0 Å². The van der Waals surface area contributed by atoms with E-state index in [9.17, 15) is 4.79 Å². The van der Waals surface area contributed by atoms with E-state index in [0.717, 1.165) is 32.4 Å². The molecule has 6 nitrogen and oxygen atoms in total. The number of carbonyl (C=O) groups is 1. The summed E-state index contributed by atoms with van der Waals surface area (Å²) in [5, 5.41) is 3.08. The smallest absolute Gasteiger partial charge is 0.317 e. The van der Waals surface area contributed by atoms with Gasteiger partial charge in [-0.15, -0.1) is 0 Å². The number of amides is 2. The fraction of sp³-hybridized carbons (Fsp3) is 0.944. The first-order valence-corrected chi connectivity index (χ1v) is 9.75. The molecule has 24 heavy (non-hydrogen) atoms. The molecule has 1 N–H and O–H groups in total. The van der Waals surface area contributed by atoms with Crippen molar-refractivity contribution in [2.45, 2.75) is 52.2 Å². The van der Waals surface area contributed by atoms with Crippen molar-refractivity contribution in [1.29, 1.82) is 0 Å². The van der Waals surface area contributed by atoms with Gasteiger partial charge in [-0.25, -0.2) is 4.79 Å². The standard InChI is InChI=1S/C18H36N4O2/c1-4-17-15-22(14-16(3)24-17)18(23)19-8-6-7-9-21-12-10-20(5-2)11-13-21/h16-17H,4-15H2,1-3H3,(H,19,23)/t16-,17+/m0/s1. The lowest BCUT2D eigenvalue weighted by molar-refractivity contribution is -0.0646. The highest BCUT2D eigenvalue weighted by Gasteiger charge is 2.27. The summed E-state index contributed by atoms with van der Waals surface area (Å²) in [5.74, 6) is 0. The molecule has 0 radical (unpaired) electrons. The number of unbranched alkanes of at least 4 members (excludes halogenated alkanes) is 1. The lowest BCUT2D eigenvalue weighted by Crippen LogP contribution is -2.52. The highest BCUT2D eigenvalue weighted by atomic mass is 16.5. The summed E-state index contributed by atoms with van der Waals surface area (Å²) < 4.78 is 5.81. The van der Waals surface area contributed by atoms with Crippen LogP contribution in [-0.4, -0.2) is 91.8 Å². The number of likely N-dealkylation sites (N-methyl/N-ethyl adjacent to an activating group) is 1. The van der Waals surface area contributed by atoms with E-state index in [2.05, 4.69) is 29.0 Å². The first-order chi connectivity index (χ1) is 11.6. The molecule has 0 unspecified atom stereocenters. The van der Waals surface area contributed by atoms with Crippen LogP contribution in [0.3, 0.4) is 0 Å². The van der Waals surface area contributed by atoms with E-state index in [1.165, 1.54) is 32.7 Å². The average molecular weight is 341 g/mol. The van der Waals surface area contributed by atoms with E-state index in [1.807, 2.05) is 11.8 Å². The maximum atomic E-state index is 12.3. The quantitative estimate of drug-likeness (QED) is 0.716. The van der Waals surface area contributed by atoms with Gasteiger partial charge in [0.25, 0.3) is 0 Å². The first kappa shape index (κ1) is 19.5. The van der Waals surface area contributed by atoms with Gasteiger partial charge < -0.3 is 24.8 Å². The Morgan fingerprint density at radius 2 is 1.79 bits per heavy atom. The van der Waals surface area contributed by atoms with Crippen molar-refractivity contribution in [2.75, 3.05) is 58.9 Å². The van der Waals surface area contributed by atoms with E-state index in [0.29, 0.717) is 13.1 Å². The van der Waals surface area contributed by atoms with Gasteiger partial charge in [-0.3, -0.25) is 0 Å². The van der Waals surface area contributed by atoms with Gasteiger partial charge >= 0.3 is 6.03 Å². The number of piperazine rings is 1. The second kappa shape index (κ2) is 10.2. The number of carbonyl (C=O) groups excluding carboxylic acids is 1. The molecule has 2 rings (SSSR count). The van der Waals surface area contributed by atoms with Gasteiger partial charge in [-0.05, 0) is 39.3 Å². The third-order valence-corrected chi connectivity index (χ3v) is 5.16. The summed E-state index contributed by atoms with van der Waals surface area (Å²) in [7, 11) is 0. The molecule has 2 aliphatic rings. The largest absolute Gasteiger partial charge is 0.372 e. The SMILES string of the molecule is CC[C@@H]1CN(C(=O)NCCCCN2CCN(CC)CC2)C[C@H](C)O1. The van der Waals surface area contributed by atoms with E-state index in [1.54, 1.807) is 0 Å². The van der Waals surface area contributed by atoms with Crippen molar-refractivity contribution in [1.82, 2.24) is 20.0 Å².